The van der Waals surface area contributed by atoms with Crippen molar-refractivity contribution in [2.75, 3.05) is 42.3 Å². The number of aliphatic carboxylic acids is 1. The van der Waals surface area contributed by atoms with E-state index in [1.54, 1.807) is 31.2 Å². The van der Waals surface area contributed by atoms with Crippen LogP contribution in [0.3, 0.4) is 0 Å². The Morgan fingerprint density at radius 3 is 2.25 bits per heavy atom. The molecule has 2 fully saturated rings. The van der Waals surface area contributed by atoms with Crippen LogP contribution in [0.4, 0.5) is 24.5 Å². The van der Waals surface area contributed by atoms with E-state index in [0.29, 0.717) is 17.2 Å². The number of nitrogens with one attached hydrogen (secondary N) is 1. The molecule has 220 valence electrons. The lowest BCUT2D eigenvalue weighted by Crippen LogP contribution is -2.40. The molecule has 2 saturated heterocycles. The molecule has 1 unspecified atom stereocenters. The number of hydrogen-bond donors (Lipinski definition) is 3. The van der Waals surface area contributed by atoms with Crippen LogP contribution in [0.5, 0.6) is 0 Å². The minimum absolute atomic E-state index is 0.0584. The van der Waals surface area contributed by atoms with Crippen molar-refractivity contribution in [3.8, 4) is 0 Å². The first-order valence-corrected chi connectivity index (χ1v) is 14.4. The van der Waals surface area contributed by atoms with Gasteiger partial charge in [0.25, 0.3) is 10.0 Å². The molecule has 2 aliphatic heterocycles. The molecule has 3 N–H and O–H groups in total. The molecule has 0 bridgehead atoms. The smallest absolute Gasteiger partial charge is 0.478 e. The van der Waals surface area contributed by atoms with Gasteiger partial charge in [-0.3, -0.25) is 4.72 Å². The molecule has 13 heteroatoms. The summed E-state index contributed by atoms with van der Waals surface area (Å²) in [7, 11) is -3.88. The number of benzene rings is 2. The summed E-state index contributed by atoms with van der Waals surface area (Å²) in [6, 6.07) is 10.0. The molecular weight excluding hydrogens is 551 g/mol. The molecular formula is C27H34F3N3O6S. The molecule has 0 amide bonds. The number of hydrogen-bond acceptors (Lipinski definition) is 6. The summed E-state index contributed by atoms with van der Waals surface area (Å²) in [6.45, 7) is 8.64. The number of piperidine rings is 1. The molecule has 4 rings (SSSR count). The number of alkyl halides is 3. The van der Waals surface area contributed by atoms with Crippen molar-refractivity contribution in [1.29, 1.82) is 0 Å². The van der Waals surface area contributed by atoms with Crippen LogP contribution >= 0.6 is 0 Å². The molecule has 2 aromatic carbocycles. The third-order valence-electron chi connectivity index (χ3n) is 6.94. The topological polar surface area (TPSA) is 127 Å². The van der Waals surface area contributed by atoms with E-state index in [4.69, 9.17) is 9.90 Å². The van der Waals surface area contributed by atoms with Crippen LogP contribution in [0.1, 0.15) is 47.2 Å². The average molecular weight is 586 g/mol. The van der Waals surface area contributed by atoms with E-state index in [2.05, 4.69) is 14.5 Å². The highest BCUT2D eigenvalue weighted by molar-refractivity contribution is 7.92. The lowest BCUT2D eigenvalue weighted by molar-refractivity contribution is -0.192. The predicted molar refractivity (Wildman–Crippen MR) is 144 cm³/mol. The molecule has 0 saturated carbocycles. The Balaban J connectivity index is 0.000000559. The Hall–Kier alpha value is -3.32. The molecule has 40 heavy (non-hydrogen) atoms. The van der Waals surface area contributed by atoms with Gasteiger partial charge in [0.2, 0.25) is 0 Å². The Morgan fingerprint density at radius 2 is 1.65 bits per heavy atom. The second-order valence-corrected chi connectivity index (χ2v) is 11.8. The summed E-state index contributed by atoms with van der Waals surface area (Å²) in [6.07, 6.45) is -0.374. The SMILES string of the molecule is Cc1ccc(C)c(S(=O)(=O)Nc2cc(C(=O)O)ccc2N2CCCC(CN3CCCC3)C2)c1.O=C(O)C(F)(F)F. The van der Waals surface area contributed by atoms with Gasteiger partial charge in [-0.2, -0.15) is 13.2 Å². The van der Waals surface area contributed by atoms with Crippen molar-refractivity contribution in [3.63, 3.8) is 0 Å². The van der Waals surface area contributed by atoms with Gasteiger partial charge < -0.3 is 20.0 Å². The summed E-state index contributed by atoms with van der Waals surface area (Å²) in [4.78, 5) is 25.5. The minimum atomic E-state index is -5.08. The van der Waals surface area contributed by atoms with Crippen molar-refractivity contribution in [1.82, 2.24) is 4.90 Å². The monoisotopic (exact) mass is 585 g/mol. The molecule has 2 aliphatic rings. The number of aromatic carboxylic acids is 1. The number of rotatable bonds is 7. The van der Waals surface area contributed by atoms with E-state index < -0.39 is 28.1 Å². The first-order chi connectivity index (χ1) is 18.7. The second kappa shape index (κ2) is 12.9. The lowest BCUT2D eigenvalue weighted by atomic mass is 9.96. The number of likely N-dealkylation sites (tertiary alicyclic amines) is 1. The maximum absolute atomic E-state index is 13.3. The Morgan fingerprint density at radius 1 is 1.00 bits per heavy atom. The van der Waals surface area contributed by atoms with E-state index in [0.717, 1.165) is 56.8 Å². The number of carboxylic acid groups (broad SMARTS) is 2. The third kappa shape index (κ3) is 8.34. The van der Waals surface area contributed by atoms with E-state index in [9.17, 15) is 31.5 Å². The average Bonchev–Trinajstić information content (AvgIpc) is 3.38. The summed E-state index contributed by atoms with van der Waals surface area (Å²) in [5.41, 5.74) is 2.61. The Kier molecular flexibility index (Phi) is 10.1. The zero-order chi connectivity index (χ0) is 29.7. The predicted octanol–water partition coefficient (Wildman–Crippen LogP) is 4.75. The largest absolute Gasteiger partial charge is 0.490 e. The Labute approximate surface area is 231 Å². The fourth-order valence-electron chi connectivity index (χ4n) is 4.99. The van der Waals surface area contributed by atoms with E-state index in [1.165, 1.54) is 18.9 Å². The fourth-order valence-corrected chi connectivity index (χ4v) is 6.38. The number of halogens is 3. The van der Waals surface area contributed by atoms with E-state index in [1.807, 2.05) is 13.0 Å². The summed E-state index contributed by atoms with van der Waals surface area (Å²) in [5.74, 6) is -3.33. The summed E-state index contributed by atoms with van der Waals surface area (Å²) < 4.78 is 61.0. The fraction of sp³-hybridized carbons (Fsp3) is 0.481. The molecule has 0 aromatic heterocycles. The van der Waals surface area contributed by atoms with Crippen molar-refractivity contribution in [2.24, 2.45) is 5.92 Å². The number of carbonyl (C=O) groups is 2. The van der Waals surface area contributed by atoms with Crippen molar-refractivity contribution >= 4 is 33.3 Å². The van der Waals surface area contributed by atoms with Gasteiger partial charge in [0, 0.05) is 19.6 Å². The molecule has 0 radical (unpaired) electrons. The molecule has 1 atom stereocenters. The first-order valence-electron chi connectivity index (χ1n) is 12.9. The first kappa shape index (κ1) is 31.2. The molecule has 0 spiro atoms. The summed E-state index contributed by atoms with van der Waals surface area (Å²) in [5, 5.41) is 16.6. The number of sulfonamides is 1. The minimum Gasteiger partial charge on any atom is -0.478 e. The van der Waals surface area contributed by atoms with Gasteiger partial charge in [0.15, 0.2) is 0 Å². The number of anilines is 2. The lowest BCUT2D eigenvalue weighted by Gasteiger charge is -2.37. The van der Waals surface area contributed by atoms with Gasteiger partial charge in [-0.25, -0.2) is 18.0 Å². The van der Waals surface area contributed by atoms with E-state index >= 15 is 0 Å². The number of carboxylic acids is 2. The van der Waals surface area contributed by atoms with Crippen LogP contribution in [-0.4, -0.2) is 74.4 Å². The van der Waals surface area contributed by atoms with Gasteiger partial charge in [-0.15, -0.1) is 0 Å². The van der Waals surface area contributed by atoms with Gasteiger partial charge in [0.1, 0.15) is 0 Å². The zero-order valence-electron chi connectivity index (χ0n) is 22.4. The van der Waals surface area contributed by atoms with Gasteiger partial charge in [-0.1, -0.05) is 12.1 Å². The quantitative estimate of drug-likeness (QED) is 0.425. The van der Waals surface area contributed by atoms with Crippen LogP contribution in [0.15, 0.2) is 41.3 Å². The highest BCUT2D eigenvalue weighted by Gasteiger charge is 2.38. The summed E-state index contributed by atoms with van der Waals surface area (Å²) >= 11 is 0. The van der Waals surface area contributed by atoms with Crippen LogP contribution in [0.25, 0.3) is 0 Å². The standard InChI is InChI=1S/C25H33N3O4S.C2HF3O2/c1-18-7-8-19(2)24(14-18)33(31,32)26-22-15-21(25(29)30)9-10-23(22)28-13-5-6-20(17-28)16-27-11-3-4-12-27;3-2(4,5)1(6)7/h7-10,14-15,20,26H,3-6,11-13,16-17H2,1-2H3,(H,29,30);(H,6,7). The maximum Gasteiger partial charge on any atom is 0.490 e. The molecule has 2 aromatic rings. The van der Waals surface area contributed by atoms with E-state index in [-0.39, 0.29) is 10.5 Å². The van der Waals surface area contributed by atoms with Crippen molar-refractivity contribution in [3.05, 3.63) is 53.1 Å². The van der Waals surface area contributed by atoms with Crippen LogP contribution in [-0.2, 0) is 14.8 Å². The Bertz CT molecular complexity index is 1330. The van der Waals surface area contributed by atoms with Gasteiger partial charge in [0.05, 0.1) is 21.8 Å². The molecule has 2 heterocycles. The van der Waals surface area contributed by atoms with Crippen LogP contribution < -0.4 is 9.62 Å². The van der Waals surface area contributed by atoms with Crippen molar-refractivity contribution in [2.45, 2.75) is 50.6 Å². The molecule has 0 aliphatic carbocycles. The highest BCUT2D eigenvalue weighted by Crippen LogP contribution is 2.33. The van der Waals surface area contributed by atoms with Crippen LogP contribution in [0.2, 0.25) is 0 Å². The van der Waals surface area contributed by atoms with Crippen LogP contribution in [0, 0.1) is 19.8 Å². The number of aryl methyl sites for hydroxylation is 2. The maximum atomic E-state index is 13.3. The van der Waals surface area contributed by atoms with Crippen molar-refractivity contribution < 1.29 is 41.4 Å². The normalized spacial score (nSPS) is 18.1. The molecule has 9 nitrogen and oxygen atoms in total. The van der Waals surface area contributed by atoms with Gasteiger partial charge in [-0.05, 0) is 93.9 Å². The zero-order valence-corrected chi connectivity index (χ0v) is 23.2. The second-order valence-electron chi connectivity index (χ2n) is 10.2. The highest BCUT2D eigenvalue weighted by atomic mass is 32.2. The number of nitrogens with zero attached hydrogens (tertiary/aromatic N) is 2. The third-order valence-corrected chi connectivity index (χ3v) is 8.45. The van der Waals surface area contributed by atoms with Gasteiger partial charge >= 0.3 is 18.1 Å².